The minimum absolute atomic E-state index is 0.0230. The zero-order valence-electron chi connectivity index (χ0n) is 21.4. The highest BCUT2D eigenvalue weighted by Gasteiger charge is 2.22. The summed E-state index contributed by atoms with van der Waals surface area (Å²) in [5.74, 6) is -1.36. The van der Waals surface area contributed by atoms with Crippen LogP contribution < -0.4 is 16.4 Å². The zero-order valence-corrected chi connectivity index (χ0v) is 22.1. The van der Waals surface area contributed by atoms with Crippen molar-refractivity contribution in [1.82, 2.24) is 15.2 Å². The lowest BCUT2D eigenvalue weighted by atomic mass is 10.1. The molecule has 3 aromatic rings. The number of nitrogens with one attached hydrogen (secondary N) is 2. The number of nitrogens with two attached hydrogens (primary N) is 1. The number of aromatic nitrogens is 1. The molecular weight excluding hydrogens is 532 g/mol. The summed E-state index contributed by atoms with van der Waals surface area (Å²) in [4.78, 5) is 42.4. The lowest BCUT2D eigenvalue weighted by Gasteiger charge is -2.28. The fourth-order valence-corrected chi connectivity index (χ4v) is 4.10. The highest BCUT2D eigenvalue weighted by atomic mass is 35.5. The van der Waals surface area contributed by atoms with Crippen LogP contribution in [0.3, 0.4) is 0 Å². The summed E-state index contributed by atoms with van der Waals surface area (Å²) in [5, 5.41) is 6.40. The molecule has 3 amide bonds. The Morgan fingerprint density at radius 1 is 1.15 bits per heavy atom. The van der Waals surface area contributed by atoms with Gasteiger partial charge < -0.3 is 20.7 Å². The van der Waals surface area contributed by atoms with Crippen molar-refractivity contribution in [3.63, 3.8) is 0 Å². The highest BCUT2D eigenvalue weighted by molar-refractivity contribution is 6.31. The van der Waals surface area contributed by atoms with Gasteiger partial charge in [-0.2, -0.15) is 0 Å². The van der Waals surface area contributed by atoms with E-state index in [1.165, 1.54) is 41.4 Å². The second-order valence-electron chi connectivity index (χ2n) is 8.85. The lowest BCUT2D eigenvalue weighted by molar-refractivity contribution is -0.133. The summed E-state index contributed by atoms with van der Waals surface area (Å²) in [6.45, 7) is 0.0578. The maximum Gasteiger partial charge on any atom is 0.412 e. The number of nitrogens with zero attached hydrogens (tertiary/aromatic N) is 2. The summed E-state index contributed by atoms with van der Waals surface area (Å²) in [7, 11) is 1.58. The molecule has 1 atom stereocenters. The normalized spacial score (nSPS) is 11.6. The Bertz CT molecular complexity index is 1330. The highest BCUT2D eigenvalue weighted by Crippen LogP contribution is 2.22. The van der Waals surface area contributed by atoms with Gasteiger partial charge in [-0.15, -0.1) is 0 Å². The van der Waals surface area contributed by atoms with E-state index in [1.807, 2.05) is 0 Å². The van der Waals surface area contributed by atoms with Crippen LogP contribution in [-0.2, 0) is 20.7 Å². The molecule has 39 heavy (non-hydrogen) atoms. The van der Waals surface area contributed by atoms with Crippen LogP contribution in [0, 0.1) is 11.6 Å². The fourth-order valence-electron chi connectivity index (χ4n) is 3.88. The van der Waals surface area contributed by atoms with E-state index in [4.69, 9.17) is 22.1 Å². The molecule has 4 N–H and O–H groups in total. The van der Waals surface area contributed by atoms with Crippen LogP contribution in [0.5, 0.6) is 0 Å². The van der Waals surface area contributed by atoms with Gasteiger partial charge in [0.15, 0.2) is 0 Å². The van der Waals surface area contributed by atoms with E-state index in [9.17, 15) is 23.2 Å². The zero-order chi connectivity index (χ0) is 28.4. The van der Waals surface area contributed by atoms with E-state index in [0.717, 1.165) is 0 Å². The predicted octanol–water partition coefficient (Wildman–Crippen LogP) is 4.03. The van der Waals surface area contributed by atoms with E-state index >= 15 is 0 Å². The number of hydrogen-bond donors (Lipinski definition) is 3. The number of rotatable bonds is 12. The fraction of sp³-hybridized carbons (Fsp3) is 0.333. The van der Waals surface area contributed by atoms with Crippen LogP contribution in [-0.4, -0.2) is 60.6 Å². The quantitative estimate of drug-likeness (QED) is 0.287. The third kappa shape index (κ3) is 8.86. The van der Waals surface area contributed by atoms with Crippen molar-refractivity contribution in [2.45, 2.75) is 31.7 Å². The van der Waals surface area contributed by atoms with Gasteiger partial charge in [-0.3, -0.25) is 14.9 Å². The Balaban J connectivity index is 1.60. The Labute approximate surface area is 229 Å². The molecule has 0 aliphatic carbocycles. The largest absolute Gasteiger partial charge is 0.447 e. The van der Waals surface area contributed by atoms with Gasteiger partial charge in [0.25, 0.3) is 0 Å². The van der Waals surface area contributed by atoms with Crippen LogP contribution in [0.25, 0.3) is 10.8 Å². The average molecular weight is 562 g/mol. The Morgan fingerprint density at radius 2 is 1.95 bits per heavy atom. The first-order valence-electron chi connectivity index (χ1n) is 12.3. The molecule has 0 aliphatic rings. The number of hydrogen-bond acceptors (Lipinski definition) is 6. The number of pyridine rings is 1. The third-order valence-electron chi connectivity index (χ3n) is 6.12. The van der Waals surface area contributed by atoms with Crippen LogP contribution in [0.4, 0.5) is 19.4 Å². The van der Waals surface area contributed by atoms with Gasteiger partial charge in [0, 0.05) is 31.6 Å². The molecule has 0 unspecified atom stereocenters. The molecule has 0 radical (unpaired) electrons. The molecule has 0 aliphatic heterocycles. The number of carbonyl (C=O) groups is 3. The van der Waals surface area contributed by atoms with Crippen molar-refractivity contribution < 1.29 is 27.9 Å². The molecular formula is C27H30ClF2N5O4. The van der Waals surface area contributed by atoms with Gasteiger partial charge in [0.05, 0.1) is 17.6 Å². The van der Waals surface area contributed by atoms with Gasteiger partial charge in [-0.25, -0.2) is 18.6 Å². The molecule has 2 aromatic carbocycles. The van der Waals surface area contributed by atoms with Crippen LogP contribution >= 0.6 is 11.6 Å². The molecule has 208 valence electrons. The first-order valence-corrected chi connectivity index (χ1v) is 12.7. The third-order valence-corrected chi connectivity index (χ3v) is 6.55. The van der Waals surface area contributed by atoms with Gasteiger partial charge in [-0.05, 0) is 60.5 Å². The molecule has 0 bridgehead atoms. The molecule has 0 saturated heterocycles. The summed E-state index contributed by atoms with van der Waals surface area (Å²) in [6.07, 6.45) is 1.90. The topological polar surface area (TPSA) is 127 Å². The van der Waals surface area contributed by atoms with E-state index in [1.54, 1.807) is 19.2 Å². The second kappa shape index (κ2) is 14.4. The second-order valence-corrected chi connectivity index (χ2v) is 9.23. The van der Waals surface area contributed by atoms with Crippen LogP contribution in [0.15, 0.2) is 48.7 Å². The van der Waals surface area contributed by atoms with Crippen molar-refractivity contribution in [2.24, 2.45) is 5.73 Å². The van der Waals surface area contributed by atoms with Crippen LogP contribution in [0.1, 0.15) is 24.8 Å². The number of benzene rings is 2. The number of anilines is 1. The van der Waals surface area contributed by atoms with E-state index < -0.39 is 23.8 Å². The van der Waals surface area contributed by atoms with Gasteiger partial charge in [0.1, 0.15) is 24.1 Å². The molecule has 1 aromatic heterocycles. The van der Waals surface area contributed by atoms with Gasteiger partial charge >= 0.3 is 6.09 Å². The molecule has 0 spiro atoms. The molecule has 9 nitrogen and oxygen atoms in total. The van der Waals surface area contributed by atoms with Crippen molar-refractivity contribution in [2.75, 3.05) is 32.1 Å². The monoisotopic (exact) mass is 561 g/mol. The first kappa shape index (κ1) is 29.7. The number of ether oxygens (including phenoxy) is 1. The SMILES string of the molecule is CN(C(=O)CCc1cccc(F)c1Cl)[C@@H](CCCNC(=O)CN)COC(=O)Nc1cc2cc(F)ccc2cn1. The smallest absolute Gasteiger partial charge is 0.412 e. The number of aryl methyl sites for hydroxylation is 1. The van der Waals surface area contributed by atoms with Crippen molar-refractivity contribution >= 4 is 46.1 Å². The summed E-state index contributed by atoms with van der Waals surface area (Å²) in [5.41, 5.74) is 5.81. The molecule has 3 rings (SSSR count). The minimum Gasteiger partial charge on any atom is -0.447 e. The van der Waals surface area contributed by atoms with E-state index in [2.05, 4.69) is 15.6 Å². The summed E-state index contributed by atoms with van der Waals surface area (Å²) >= 11 is 6.00. The van der Waals surface area contributed by atoms with E-state index in [-0.39, 0.29) is 48.6 Å². The Hall–Kier alpha value is -3.83. The maximum absolute atomic E-state index is 13.7. The first-order chi connectivity index (χ1) is 18.7. The van der Waals surface area contributed by atoms with Gasteiger partial charge in [-0.1, -0.05) is 23.7 Å². The Morgan fingerprint density at radius 3 is 2.72 bits per heavy atom. The predicted molar refractivity (Wildman–Crippen MR) is 144 cm³/mol. The van der Waals surface area contributed by atoms with Gasteiger partial charge in [0.2, 0.25) is 11.8 Å². The number of halogens is 3. The van der Waals surface area contributed by atoms with Crippen molar-refractivity contribution in [3.8, 4) is 0 Å². The minimum atomic E-state index is -0.799. The number of likely N-dealkylation sites (N-methyl/N-ethyl adjacent to an activating group) is 1. The average Bonchev–Trinajstić information content (AvgIpc) is 2.92. The maximum atomic E-state index is 13.7. The lowest BCUT2D eigenvalue weighted by Crippen LogP contribution is -2.41. The molecule has 0 saturated carbocycles. The molecule has 12 heteroatoms. The summed E-state index contributed by atoms with van der Waals surface area (Å²) < 4.78 is 32.7. The standard InChI is InChI=1S/C27H30ClF2N5O4/c1-35(25(37)10-8-17-4-2-6-22(30)26(17)28)21(5-3-11-32-24(36)14-31)16-39-27(38)34-23-13-19-12-20(29)9-7-18(19)15-33-23/h2,4,6-7,9,12-13,15,21H,3,5,8,10-11,14,16,31H2,1H3,(H,32,36)(H,33,34,38)/t21-/m0/s1. The van der Waals surface area contributed by atoms with E-state index in [0.29, 0.717) is 35.7 Å². The van der Waals surface area contributed by atoms with Crippen molar-refractivity contribution in [1.29, 1.82) is 0 Å². The molecule has 1 heterocycles. The number of fused-ring (bicyclic) bond motifs is 1. The molecule has 0 fully saturated rings. The van der Waals surface area contributed by atoms with Crippen molar-refractivity contribution in [3.05, 3.63) is 70.9 Å². The number of carbonyl (C=O) groups excluding carboxylic acids is 3. The summed E-state index contributed by atoms with van der Waals surface area (Å²) in [6, 6.07) is 9.64. The number of amides is 3. The van der Waals surface area contributed by atoms with Crippen LogP contribution in [0.2, 0.25) is 5.02 Å². The Kier molecular flexibility index (Phi) is 10.9.